The summed E-state index contributed by atoms with van der Waals surface area (Å²) in [6.07, 6.45) is 2.15. The molecule has 2 aromatic carbocycles. The van der Waals surface area contributed by atoms with Crippen molar-refractivity contribution in [1.82, 2.24) is 15.2 Å². The zero-order chi connectivity index (χ0) is 20.1. The highest BCUT2D eigenvalue weighted by Gasteiger charge is 2.29. The van der Waals surface area contributed by atoms with Gasteiger partial charge in [0.15, 0.2) is 0 Å². The first-order chi connectivity index (χ1) is 14.8. The van der Waals surface area contributed by atoms with Crippen LogP contribution < -0.4 is 10.6 Å². The summed E-state index contributed by atoms with van der Waals surface area (Å²) in [5.74, 6) is 1.07. The van der Waals surface area contributed by atoms with E-state index in [1.165, 1.54) is 31.9 Å². The van der Waals surface area contributed by atoms with Crippen molar-refractivity contribution in [2.24, 2.45) is 4.99 Å². The second-order valence-electron chi connectivity index (χ2n) is 7.92. The number of hydrogen-bond acceptors (Lipinski definition) is 5. The van der Waals surface area contributed by atoms with E-state index >= 15 is 0 Å². The Labute approximate surface area is 179 Å². The Bertz CT molecular complexity index is 1270. The maximum Gasteiger partial charge on any atom is 0.139 e. The molecule has 6 heteroatoms. The first-order valence-corrected chi connectivity index (χ1v) is 11.2. The van der Waals surface area contributed by atoms with Crippen LogP contribution in [0.15, 0.2) is 65.8 Å². The lowest BCUT2D eigenvalue weighted by Gasteiger charge is -2.35. The van der Waals surface area contributed by atoms with E-state index in [0.717, 1.165) is 36.8 Å². The van der Waals surface area contributed by atoms with Crippen molar-refractivity contribution in [3.8, 4) is 0 Å². The molecule has 3 N–H and O–H groups in total. The number of piperazine rings is 1. The van der Waals surface area contributed by atoms with Crippen molar-refractivity contribution >= 4 is 44.5 Å². The summed E-state index contributed by atoms with van der Waals surface area (Å²) >= 11 is 1.80. The number of anilines is 2. The third kappa shape index (κ3) is 2.91. The Hall–Kier alpha value is -3.09. The van der Waals surface area contributed by atoms with Gasteiger partial charge in [-0.1, -0.05) is 30.3 Å². The molecule has 5 nitrogen and oxygen atoms in total. The number of thiophene rings is 1. The van der Waals surface area contributed by atoms with Crippen molar-refractivity contribution < 1.29 is 0 Å². The number of H-pyrrole nitrogens is 1. The summed E-state index contributed by atoms with van der Waals surface area (Å²) in [5, 5.41) is 9.80. The predicted molar refractivity (Wildman–Crippen MR) is 126 cm³/mol. The third-order valence-corrected chi connectivity index (χ3v) is 6.91. The van der Waals surface area contributed by atoms with Crippen molar-refractivity contribution in [3.63, 3.8) is 0 Å². The zero-order valence-electron chi connectivity index (χ0n) is 16.8. The van der Waals surface area contributed by atoms with Gasteiger partial charge in [0, 0.05) is 41.6 Å². The molecule has 2 aliphatic heterocycles. The molecule has 2 aromatic heterocycles. The number of benzene rings is 2. The number of aromatic nitrogens is 1. The number of aliphatic imine (C=N–C) groups is 1. The Morgan fingerprint density at radius 3 is 2.93 bits per heavy atom. The molecule has 1 atom stereocenters. The topological polar surface area (TPSA) is 55.5 Å². The maximum absolute atomic E-state index is 5.15. The highest BCUT2D eigenvalue weighted by atomic mass is 32.1. The first kappa shape index (κ1) is 17.7. The van der Waals surface area contributed by atoms with E-state index in [9.17, 15) is 0 Å². The molecule has 0 saturated carbocycles. The molecule has 0 amide bonds. The number of hydrogen-bond donors (Lipinski definition) is 3. The van der Waals surface area contributed by atoms with Gasteiger partial charge in [-0.3, -0.25) is 0 Å². The lowest BCUT2D eigenvalue weighted by molar-refractivity contribution is 0.296. The minimum Gasteiger partial charge on any atom is -0.361 e. The molecule has 0 bridgehead atoms. The summed E-state index contributed by atoms with van der Waals surface area (Å²) < 4.78 is 0. The molecule has 1 fully saturated rings. The van der Waals surface area contributed by atoms with Crippen LogP contribution in [-0.4, -0.2) is 35.4 Å². The van der Waals surface area contributed by atoms with E-state index < -0.39 is 0 Å². The molecule has 2 aliphatic rings. The van der Waals surface area contributed by atoms with Gasteiger partial charge in [-0.05, 0) is 36.8 Å². The van der Waals surface area contributed by atoms with Crippen molar-refractivity contribution in [1.29, 1.82) is 0 Å². The van der Waals surface area contributed by atoms with Gasteiger partial charge in [-0.15, -0.1) is 11.3 Å². The number of aromatic amines is 1. The minimum absolute atomic E-state index is 0.257. The lowest BCUT2D eigenvalue weighted by atomic mass is 10.0. The van der Waals surface area contributed by atoms with E-state index in [4.69, 9.17) is 4.99 Å². The largest absolute Gasteiger partial charge is 0.361 e. The molecule has 30 heavy (non-hydrogen) atoms. The minimum atomic E-state index is 0.257. The Morgan fingerprint density at radius 1 is 1.10 bits per heavy atom. The molecule has 1 saturated heterocycles. The van der Waals surface area contributed by atoms with Crippen LogP contribution in [0.1, 0.15) is 22.0 Å². The Morgan fingerprint density at radius 2 is 1.97 bits per heavy atom. The van der Waals surface area contributed by atoms with E-state index in [1.807, 2.05) is 0 Å². The summed E-state index contributed by atoms with van der Waals surface area (Å²) in [4.78, 5) is 12.3. The molecular formula is C24H23N5S. The Kier molecular flexibility index (Phi) is 4.14. The molecule has 1 unspecified atom stereocenters. The molecule has 150 valence electrons. The van der Waals surface area contributed by atoms with E-state index in [-0.39, 0.29) is 6.04 Å². The van der Waals surface area contributed by atoms with Gasteiger partial charge in [0.05, 0.1) is 23.0 Å². The van der Waals surface area contributed by atoms with Crippen LogP contribution in [0.5, 0.6) is 0 Å². The summed E-state index contributed by atoms with van der Waals surface area (Å²) in [6.45, 7) is 4.92. The lowest BCUT2D eigenvalue weighted by Crippen LogP contribution is -2.48. The van der Waals surface area contributed by atoms with E-state index in [2.05, 4.69) is 88.2 Å². The molecule has 0 spiro atoms. The average molecular weight is 414 g/mol. The number of nitrogens with zero attached hydrogens (tertiary/aromatic N) is 2. The van der Waals surface area contributed by atoms with Crippen molar-refractivity contribution in [2.45, 2.75) is 13.0 Å². The van der Waals surface area contributed by atoms with Crippen LogP contribution in [0.25, 0.3) is 10.9 Å². The van der Waals surface area contributed by atoms with Crippen LogP contribution in [-0.2, 0) is 0 Å². The van der Waals surface area contributed by atoms with Crippen LogP contribution in [0.2, 0.25) is 0 Å². The Balaban J connectivity index is 1.41. The maximum atomic E-state index is 5.15. The summed E-state index contributed by atoms with van der Waals surface area (Å²) in [5.41, 5.74) is 5.78. The SMILES string of the molecule is Cc1cc2c(s1)Nc1ccccc1N=C2N1CCNC(c2c[nH]c3ccccc23)C1. The fourth-order valence-electron chi connectivity index (χ4n) is 4.52. The third-order valence-electron chi connectivity index (χ3n) is 5.95. The average Bonchev–Trinajstić information content (AvgIpc) is 3.32. The smallest absolute Gasteiger partial charge is 0.139 e. The van der Waals surface area contributed by atoms with Gasteiger partial charge in [0.2, 0.25) is 0 Å². The molecule has 6 rings (SSSR count). The highest BCUT2D eigenvalue weighted by Crippen LogP contribution is 2.39. The number of aryl methyl sites for hydroxylation is 1. The second-order valence-corrected chi connectivity index (χ2v) is 9.18. The molecule has 4 heterocycles. The second kappa shape index (κ2) is 7.00. The van der Waals surface area contributed by atoms with Crippen LogP contribution in [0.3, 0.4) is 0 Å². The van der Waals surface area contributed by atoms with Crippen molar-refractivity contribution in [2.75, 3.05) is 25.0 Å². The quantitative estimate of drug-likeness (QED) is 0.396. The zero-order valence-corrected chi connectivity index (χ0v) is 17.6. The van der Waals surface area contributed by atoms with Gasteiger partial charge in [-0.2, -0.15) is 0 Å². The van der Waals surface area contributed by atoms with Gasteiger partial charge in [-0.25, -0.2) is 4.99 Å². The van der Waals surface area contributed by atoms with Gasteiger partial charge in [0.1, 0.15) is 10.8 Å². The summed E-state index contributed by atoms with van der Waals surface area (Å²) in [6, 6.07) is 19.4. The fourth-order valence-corrected chi connectivity index (χ4v) is 5.44. The standard InChI is InChI=1S/C24H23N5S/c1-15-12-17-23(27-20-8-4-5-9-21(20)28-24(17)30-15)29-11-10-25-22(14-29)18-13-26-19-7-3-2-6-16(18)19/h2-9,12-13,22,25-26,28H,10-11,14H2,1H3. The fraction of sp³-hybridized carbons (Fsp3) is 0.208. The monoisotopic (exact) mass is 413 g/mol. The molecule has 0 aliphatic carbocycles. The highest BCUT2D eigenvalue weighted by molar-refractivity contribution is 7.16. The number of para-hydroxylation sites is 3. The van der Waals surface area contributed by atoms with E-state index in [0.29, 0.717) is 0 Å². The van der Waals surface area contributed by atoms with Crippen LogP contribution in [0.4, 0.5) is 16.4 Å². The van der Waals surface area contributed by atoms with Crippen molar-refractivity contribution in [3.05, 3.63) is 76.8 Å². The van der Waals surface area contributed by atoms with Gasteiger partial charge in [0.25, 0.3) is 0 Å². The van der Waals surface area contributed by atoms with E-state index in [1.54, 1.807) is 11.3 Å². The number of amidine groups is 1. The van der Waals surface area contributed by atoms with Gasteiger partial charge >= 0.3 is 0 Å². The molecule has 4 aromatic rings. The van der Waals surface area contributed by atoms with Gasteiger partial charge < -0.3 is 20.5 Å². The number of nitrogens with one attached hydrogen (secondary N) is 3. The number of rotatable bonds is 1. The molecule has 0 radical (unpaired) electrons. The van der Waals surface area contributed by atoms with Crippen LogP contribution >= 0.6 is 11.3 Å². The summed E-state index contributed by atoms with van der Waals surface area (Å²) in [7, 11) is 0. The van der Waals surface area contributed by atoms with Crippen LogP contribution in [0, 0.1) is 6.92 Å². The number of fused-ring (bicyclic) bond motifs is 3. The predicted octanol–water partition coefficient (Wildman–Crippen LogP) is 5.32. The first-order valence-electron chi connectivity index (χ1n) is 10.4. The molecular weight excluding hydrogens is 390 g/mol. The normalized spacial score (nSPS) is 18.4.